The van der Waals surface area contributed by atoms with Gasteiger partial charge in [-0.2, -0.15) is 5.06 Å². The first-order valence-corrected chi connectivity index (χ1v) is 9.94. The average Bonchev–Trinajstić information content (AvgIpc) is 3.23. The van der Waals surface area contributed by atoms with Gasteiger partial charge in [0.15, 0.2) is 0 Å². The molecule has 0 amide bonds. The maximum atomic E-state index is 6.67. The number of nitrogens with zero attached hydrogens (tertiary/aromatic N) is 3. The molecule has 1 aliphatic carbocycles. The highest BCUT2D eigenvalue weighted by atomic mass is 16.7. The standard InChI is InChI=1S/C21H29N3O/c1-21(2,3)19-15-13-23-17-12-8-7-11-16(17)22-20(23)18(15)24(25-19)14-9-5-4-6-10-14/h7-8,11-12,14-15,18-19H,4-6,9-10,13H2,1-3H3/t15-,18-,19+/m1/s1. The minimum absolute atomic E-state index is 0.145. The van der Waals surface area contributed by atoms with Crippen LogP contribution in [-0.4, -0.2) is 26.8 Å². The summed E-state index contributed by atoms with van der Waals surface area (Å²) in [6.07, 6.45) is 6.83. The van der Waals surface area contributed by atoms with Gasteiger partial charge in [0.05, 0.1) is 17.1 Å². The first kappa shape index (κ1) is 15.8. The van der Waals surface area contributed by atoms with E-state index in [9.17, 15) is 0 Å². The van der Waals surface area contributed by atoms with Gasteiger partial charge in [-0.1, -0.05) is 52.2 Å². The highest BCUT2D eigenvalue weighted by Gasteiger charge is 2.55. The summed E-state index contributed by atoms with van der Waals surface area (Å²) in [6, 6.07) is 9.44. The van der Waals surface area contributed by atoms with Crippen LogP contribution in [0.1, 0.15) is 64.7 Å². The van der Waals surface area contributed by atoms with Gasteiger partial charge in [0.2, 0.25) is 0 Å². The number of hydrogen-bond acceptors (Lipinski definition) is 3. The summed E-state index contributed by atoms with van der Waals surface area (Å²) in [4.78, 5) is 11.7. The summed E-state index contributed by atoms with van der Waals surface area (Å²) >= 11 is 0. The molecule has 0 bridgehead atoms. The molecule has 2 fully saturated rings. The Labute approximate surface area is 150 Å². The third-order valence-corrected chi connectivity index (χ3v) is 6.43. The molecule has 25 heavy (non-hydrogen) atoms. The van der Waals surface area contributed by atoms with E-state index in [0.29, 0.717) is 18.0 Å². The van der Waals surface area contributed by atoms with Crippen LogP contribution < -0.4 is 0 Å². The van der Waals surface area contributed by atoms with Gasteiger partial charge >= 0.3 is 0 Å². The summed E-state index contributed by atoms with van der Waals surface area (Å²) in [5.74, 6) is 1.73. The molecule has 1 aromatic carbocycles. The molecule has 1 saturated heterocycles. The Hall–Kier alpha value is -1.39. The van der Waals surface area contributed by atoms with Crippen molar-refractivity contribution in [1.82, 2.24) is 14.6 Å². The second kappa shape index (κ2) is 5.55. The first-order valence-electron chi connectivity index (χ1n) is 9.94. The summed E-state index contributed by atoms with van der Waals surface area (Å²) in [5.41, 5.74) is 2.55. The maximum Gasteiger partial charge on any atom is 0.130 e. The van der Waals surface area contributed by atoms with Crippen molar-refractivity contribution < 1.29 is 4.84 Å². The molecule has 1 saturated carbocycles. The van der Waals surface area contributed by atoms with Gasteiger partial charge in [-0.05, 0) is 30.4 Å². The van der Waals surface area contributed by atoms with E-state index in [1.165, 1.54) is 43.4 Å². The fraction of sp³-hybridized carbons (Fsp3) is 0.667. The lowest BCUT2D eigenvalue weighted by Gasteiger charge is -2.34. The Morgan fingerprint density at radius 1 is 1.08 bits per heavy atom. The minimum atomic E-state index is 0.145. The molecule has 3 heterocycles. The third-order valence-electron chi connectivity index (χ3n) is 6.43. The van der Waals surface area contributed by atoms with E-state index in [2.05, 4.69) is 54.7 Å². The monoisotopic (exact) mass is 339 g/mol. The highest BCUT2D eigenvalue weighted by molar-refractivity contribution is 5.76. The molecule has 0 unspecified atom stereocenters. The van der Waals surface area contributed by atoms with Gasteiger partial charge in [-0.15, -0.1) is 0 Å². The van der Waals surface area contributed by atoms with Crippen LogP contribution in [0.5, 0.6) is 0 Å². The molecule has 3 aliphatic rings. The van der Waals surface area contributed by atoms with E-state index >= 15 is 0 Å². The maximum absolute atomic E-state index is 6.67. The molecular formula is C21H29N3O. The fourth-order valence-corrected chi connectivity index (χ4v) is 5.30. The fourth-order valence-electron chi connectivity index (χ4n) is 5.30. The largest absolute Gasteiger partial charge is 0.326 e. The van der Waals surface area contributed by atoms with Crippen LogP contribution in [-0.2, 0) is 11.4 Å². The quantitative estimate of drug-likeness (QED) is 0.754. The number of hydroxylamine groups is 2. The van der Waals surface area contributed by atoms with Crippen molar-refractivity contribution in [3.63, 3.8) is 0 Å². The zero-order valence-electron chi connectivity index (χ0n) is 15.6. The smallest absolute Gasteiger partial charge is 0.130 e. The number of aromatic nitrogens is 2. The number of para-hydroxylation sites is 2. The summed E-state index contributed by atoms with van der Waals surface area (Å²) in [7, 11) is 0. The van der Waals surface area contributed by atoms with Crippen molar-refractivity contribution in [1.29, 1.82) is 0 Å². The van der Waals surface area contributed by atoms with Crippen LogP contribution >= 0.6 is 0 Å². The van der Waals surface area contributed by atoms with E-state index in [0.717, 1.165) is 12.1 Å². The Morgan fingerprint density at radius 2 is 1.84 bits per heavy atom. The van der Waals surface area contributed by atoms with Crippen molar-refractivity contribution in [2.75, 3.05) is 0 Å². The molecule has 5 rings (SSSR count). The summed E-state index contributed by atoms with van der Waals surface area (Å²) < 4.78 is 2.46. The Balaban J connectivity index is 1.58. The SMILES string of the molecule is CC(C)(C)[C@H]1ON(C2CCCCC2)[C@H]2c3nc4ccccc4n3C[C@H]21. The number of benzene rings is 1. The van der Waals surface area contributed by atoms with Crippen molar-refractivity contribution >= 4 is 11.0 Å². The van der Waals surface area contributed by atoms with E-state index in [-0.39, 0.29) is 11.5 Å². The van der Waals surface area contributed by atoms with E-state index in [4.69, 9.17) is 9.82 Å². The predicted molar refractivity (Wildman–Crippen MR) is 99.0 cm³/mol. The molecular weight excluding hydrogens is 310 g/mol. The zero-order valence-corrected chi connectivity index (χ0v) is 15.6. The summed E-state index contributed by atoms with van der Waals surface area (Å²) in [5, 5.41) is 2.38. The van der Waals surface area contributed by atoms with Gasteiger partial charge < -0.3 is 4.57 Å². The van der Waals surface area contributed by atoms with Crippen molar-refractivity contribution in [2.24, 2.45) is 11.3 Å². The van der Waals surface area contributed by atoms with Crippen LogP contribution in [0, 0.1) is 11.3 Å². The lowest BCUT2D eigenvalue weighted by molar-refractivity contribution is -0.216. The number of hydrogen-bond donors (Lipinski definition) is 0. The van der Waals surface area contributed by atoms with Gasteiger partial charge in [0, 0.05) is 18.5 Å². The molecule has 0 spiro atoms. The van der Waals surface area contributed by atoms with Crippen LogP contribution in [0.15, 0.2) is 24.3 Å². The topological polar surface area (TPSA) is 30.3 Å². The zero-order chi connectivity index (χ0) is 17.2. The predicted octanol–water partition coefficient (Wildman–Crippen LogP) is 4.70. The Morgan fingerprint density at radius 3 is 2.60 bits per heavy atom. The number of imidazole rings is 1. The van der Waals surface area contributed by atoms with Crippen molar-refractivity contribution in [3.05, 3.63) is 30.1 Å². The average molecular weight is 339 g/mol. The summed E-state index contributed by atoms with van der Waals surface area (Å²) in [6.45, 7) is 7.99. The Kier molecular flexibility index (Phi) is 3.52. The van der Waals surface area contributed by atoms with Crippen LogP contribution in [0.2, 0.25) is 0 Å². The molecule has 1 aromatic heterocycles. The van der Waals surface area contributed by atoms with Crippen LogP contribution in [0.3, 0.4) is 0 Å². The van der Waals surface area contributed by atoms with Crippen molar-refractivity contribution in [2.45, 2.75) is 77.6 Å². The molecule has 2 aliphatic heterocycles. The normalized spacial score (nSPS) is 30.8. The van der Waals surface area contributed by atoms with Gasteiger partial charge in [-0.3, -0.25) is 4.84 Å². The van der Waals surface area contributed by atoms with Gasteiger partial charge in [0.1, 0.15) is 11.9 Å². The lowest BCUT2D eigenvalue weighted by atomic mass is 9.79. The second-order valence-electron chi connectivity index (χ2n) is 9.22. The Bertz CT molecular complexity index is 784. The van der Waals surface area contributed by atoms with Crippen LogP contribution in [0.25, 0.3) is 11.0 Å². The molecule has 4 nitrogen and oxygen atoms in total. The molecule has 0 N–H and O–H groups in total. The van der Waals surface area contributed by atoms with Crippen molar-refractivity contribution in [3.8, 4) is 0 Å². The van der Waals surface area contributed by atoms with Crippen LogP contribution in [0.4, 0.5) is 0 Å². The highest BCUT2D eigenvalue weighted by Crippen LogP contribution is 2.52. The van der Waals surface area contributed by atoms with E-state index < -0.39 is 0 Å². The molecule has 0 radical (unpaired) electrons. The minimum Gasteiger partial charge on any atom is -0.326 e. The lowest BCUT2D eigenvalue weighted by Crippen LogP contribution is -2.37. The van der Waals surface area contributed by atoms with E-state index in [1.807, 2.05) is 0 Å². The van der Waals surface area contributed by atoms with Gasteiger partial charge in [0.25, 0.3) is 0 Å². The molecule has 4 heteroatoms. The molecule has 3 atom stereocenters. The third kappa shape index (κ3) is 2.37. The van der Waals surface area contributed by atoms with Gasteiger partial charge in [-0.25, -0.2) is 4.98 Å². The number of fused-ring (bicyclic) bond motifs is 5. The first-order chi connectivity index (χ1) is 12.0. The molecule has 134 valence electrons. The van der Waals surface area contributed by atoms with E-state index in [1.54, 1.807) is 0 Å². The molecule has 2 aromatic rings. The second-order valence-corrected chi connectivity index (χ2v) is 9.22. The number of rotatable bonds is 1.